The van der Waals surface area contributed by atoms with E-state index >= 15 is 0 Å². The molecule has 0 radical (unpaired) electrons. The Hall–Kier alpha value is -0.580. The van der Waals surface area contributed by atoms with E-state index in [4.69, 9.17) is 5.73 Å². The average molecular weight is 239 g/mol. The smallest absolute Gasteiger partial charge is 0.0495 e. The lowest BCUT2D eigenvalue weighted by Gasteiger charge is -2.31. The molecule has 16 heavy (non-hydrogen) atoms. The van der Waals surface area contributed by atoms with Crippen LogP contribution in [-0.4, -0.2) is 41.5 Å². The van der Waals surface area contributed by atoms with Gasteiger partial charge in [0.1, 0.15) is 0 Å². The van der Waals surface area contributed by atoms with Gasteiger partial charge in [-0.2, -0.15) is 11.8 Å². The van der Waals surface area contributed by atoms with Gasteiger partial charge in [-0.15, -0.1) is 0 Å². The van der Waals surface area contributed by atoms with E-state index in [-0.39, 0.29) is 12.1 Å². The second kappa shape index (κ2) is 6.89. The molecule has 1 aromatic rings. The lowest BCUT2D eigenvalue weighted by atomic mass is 10.0. The van der Waals surface area contributed by atoms with Crippen LogP contribution in [0, 0.1) is 0 Å². The zero-order valence-corrected chi connectivity index (χ0v) is 11.1. The van der Waals surface area contributed by atoms with Crippen molar-refractivity contribution in [2.24, 2.45) is 5.73 Å². The predicted octanol–water partition coefficient (Wildman–Crippen LogP) is 1.76. The summed E-state index contributed by atoms with van der Waals surface area (Å²) >= 11 is 1.86. The van der Waals surface area contributed by atoms with E-state index in [1.807, 2.05) is 36.3 Å². The Labute approximate surface area is 102 Å². The summed E-state index contributed by atoms with van der Waals surface area (Å²) < 4.78 is 0. The molecule has 1 rings (SSSR count). The number of nitrogens with two attached hydrogens (primary N) is 1. The van der Waals surface area contributed by atoms with Crippen LogP contribution in [0.2, 0.25) is 0 Å². The minimum atomic E-state index is 0.120. The van der Waals surface area contributed by atoms with Crippen LogP contribution < -0.4 is 5.73 Å². The SMILES string of the molecule is CSCCN(C)C(c1ccncc1)C(C)N. The maximum atomic E-state index is 6.07. The number of hydrogen-bond acceptors (Lipinski definition) is 4. The summed E-state index contributed by atoms with van der Waals surface area (Å²) in [6.45, 7) is 3.11. The first-order valence-corrected chi connectivity index (χ1v) is 6.91. The standard InChI is InChI=1S/C12H21N3S/c1-10(13)12(15(2)8-9-16-3)11-4-6-14-7-5-11/h4-7,10,12H,8-9,13H2,1-3H3. The topological polar surface area (TPSA) is 42.2 Å². The van der Waals surface area contributed by atoms with Crippen molar-refractivity contribution < 1.29 is 0 Å². The zero-order valence-electron chi connectivity index (χ0n) is 10.3. The van der Waals surface area contributed by atoms with Crippen LogP contribution in [0.4, 0.5) is 0 Å². The van der Waals surface area contributed by atoms with Crippen molar-refractivity contribution in [3.05, 3.63) is 30.1 Å². The molecule has 0 aliphatic heterocycles. The van der Waals surface area contributed by atoms with Crippen molar-refractivity contribution in [1.82, 2.24) is 9.88 Å². The maximum Gasteiger partial charge on any atom is 0.0495 e. The van der Waals surface area contributed by atoms with Gasteiger partial charge in [0.15, 0.2) is 0 Å². The van der Waals surface area contributed by atoms with Crippen LogP contribution in [0.1, 0.15) is 18.5 Å². The molecule has 0 fully saturated rings. The summed E-state index contributed by atoms with van der Waals surface area (Å²) in [5.41, 5.74) is 7.32. The second-order valence-corrected chi connectivity index (χ2v) is 5.04. The van der Waals surface area contributed by atoms with Gasteiger partial charge in [-0.3, -0.25) is 9.88 Å². The molecular formula is C12H21N3S. The highest BCUT2D eigenvalue weighted by Gasteiger charge is 2.20. The normalized spacial score (nSPS) is 15.1. The molecule has 1 heterocycles. The minimum absolute atomic E-state index is 0.120. The fraction of sp³-hybridized carbons (Fsp3) is 0.583. The van der Waals surface area contributed by atoms with Gasteiger partial charge in [0, 0.05) is 36.8 Å². The number of hydrogen-bond donors (Lipinski definition) is 1. The number of thioether (sulfide) groups is 1. The van der Waals surface area contributed by atoms with Gasteiger partial charge in [0.25, 0.3) is 0 Å². The van der Waals surface area contributed by atoms with Gasteiger partial charge in [-0.05, 0) is 37.9 Å². The molecule has 3 nitrogen and oxygen atoms in total. The summed E-state index contributed by atoms with van der Waals surface area (Å²) in [6, 6.07) is 4.48. The Morgan fingerprint density at radius 1 is 1.44 bits per heavy atom. The van der Waals surface area contributed by atoms with E-state index < -0.39 is 0 Å². The monoisotopic (exact) mass is 239 g/mol. The zero-order chi connectivity index (χ0) is 12.0. The lowest BCUT2D eigenvalue weighted by molar-refractivity contribution is 0.232. The Bertz CT molecular complexity index is 290. The number of aromatic nitrogens is 1. The summed E-state index contributed by atoms with van der Waals surface area (Å²) in [5.74, 6) is 1.13. The molecule has 1 aromatic heterocycles. The third kappa shape index (κ3) is 3.77. The fourth-order valence-electron chi connectivity index (χ4n) is 1.89. The molecule has 2 atom stereocenters. The summed E-state index contributed by atoms with van der Waals surface area (Å²) in [4.78, 5) is 6.36. The first-order valence-electron chi connectivity index (χ1n) is 5.51. The molecule has 0 aliphatic rings. The maximum absolute atomic E-state index is 6.07. The van der Waals surface area contributed by atoms with Crippen molar-refractivity contribution in [3.8, 4) is 0 Å². The third-order valence-electron chi connectivity index (χ3n) is 2.67. The van der Waals surface area contributed by atoms with Gasteiger partial charge in [-0.1, -0.05) is 0 Å². The average Bonchev–Trinajstić information content (AvgIpc) is 2.27. The van der Waals surface area contributed by atoms with E-state index in [0.717, 1.165) is 12.3 Å². The van der Waals surface area contributed by atoms with Gasteiger partial charge in [0.05, 0.1) is 0 Å². The molecule has 2 unspecified atom stereocenters. The van der Waals surface area contributed by atoms with Crippen molar-refractivity contribution in [1.29, 1.82) is 0 Å². The van der Waals surface area contributed by atoms with Crippen molar-refractivity contribution in [2.75, 3.05) is 25.6 Å². The molecule has 0 saturated heterocycles. The Balaban J connectivity index is 2.75. The van der Waals surface area contributed by atoms with E-state index in [9.17, 15) is 0 Å². The molecule has 0 amide bonds. The van der Waals surface area contributed by atoms with E-state index in [1.54, 1.807) is 0 Å². The largest absolute Gasteiger partial charge is 0.326 e. The Morgan fingerprint density at radius 2 is 2.06 bits per heavy atom. The molecule has 0 saturated carbocycles. The molecule has 0 bridgehead atoms. The lowest BCUT2D eigenvalue weighted by Crippen LogP contribution is -2.38. The van der Waals surface area contributed by atoms with Gasteiger partial charge >= 0.3 is 0 Å². The summed E-state index contributed by atoms with van der Waals surface area (Å²) in [7, 11) is 2.13. The van der Waals surface area contributed by atoms with Crippen LogP contribution in [0.5, 0.6) is 0 Å². The van der Waals surface area contributed by atoms with Crippen molar-refractivity contribution >= 4 is 11.8 Å². The highest BCUT2D eigenvalue weighted by Crippen LogP contribution is 2.21. The number of rotatable bonds is 6. The molecule has 4 heteroatoms. The third-order valence-corrected chi connectivity index (χ3v) is 3.26. The van der Waals surface area contributed by atoms with Crippen LogP contribution in [-0.2, 0) is 0 Å². The van der Waals surface area contributed by atoms with Gasteiger partial charge in [-0.25, -0.2) is 0 Å². The van der Waals surface area contributed by atoms with Crippen molar-refractivity contribution in [3.63, 3.8) is 0 Å². The minimum Gasteiger partial charge on any atom is -0.326 e. The molecule has 0 aromatic carbocycles. The van der Waals surface area contributed by atoms with Gasteiger partial charge in [0.2, 0.25) is 0 Å². The quantitative estimate of drug-likeness (QED) is 0.821. The van der Waals surface area contributed by atoms with E-state index in [2.05, 4.69) is 30.1 Å². The number of pyridine rings is 1. The molecule has 90 valence electrons. The van der Waals surface area contributed by atoms with Crippen molar-refractivity contribution in [2.45, 2.75) is 19.0 Å². The molecule has 2 N–H and O–H groups in total. The van der Waals surface area contributed by atoms with Crippen LogP contribution >= 0.6 is 11.8 Å². The highest BCUT2D eigenvalue weighted by atomic mass is 32.2. The second-order valence-electron chi connectivity index (χ2n) is 4.06. The van der Waals surface area contributed by atoms with Crippen LogP contribution in [0.15, 0.2) is 24.5 Å². The van der Waals surface area contributed by atoms with E-state index in [0.29, 0.717) is 0 Å². The summed E-state index contributed by atoms with van der Waals surface area (Å²) in [5, 5.41) is 0. The fourth-order valence-corrected chi connectivity index (χ4v) is 2.36. The first-order chi connectivity index (χ1) is 7.66. The van der Waals surface area contributed by atoms with Gasteiger partial charge < -0.3 is 5.73 Å². The van der Waals surface area contributed by atoms with E-state index in [1.165, 1.54) is 5.56 Å². The van der Waals surface area contributed by atoms with Crippen LogP contribution in [0.25, 0.3) is 0 Å². The van der Waals surface area contributed by atoms with Crippen LogP contribution in [0.3, 0.4) is 0 Å². The molecular weight excluding hydrogens is 218 g/mol. The Morgan fingerprint density at radius 3 is 2.56 bits per heavy atom. The summed E-state index contributed by atoms with van der Waals surface area (Å²) in [6.07, 6.45) is 5.78. The number of likely N-dealkylation sites (N-methyl/N-ethyl adjacent to an activating group) is 1. The predicted molar refractivity (Wildman–Crippen MR) is 71.6 cm³/mol. The Kier molecular flexibility index (Phi) is 5.80. The first kappa shape index (κ1) is 13.5. The molecule has 0 aliphatic carbocycles. The molecule has 0 spiro atoms. The number of nitrogens with zero attached hydrogens (tertiary/aromatic N) is 2. The highest BCUT2D eigenvalue weighted by molar-refractivity contribution is 7.98.